The summed E-state index contributed by atoms with van der Waals surface area (Å²) >= 11 is 0. The van der Waals surface area contributed by atoms with E-state index in [4.69, 9.17) is 19.3 Å². The summed E-state index contributed by atoms with van der Waals surface area (Å²) < 4.78 is 51.7. The van der Waals surface area contributed by atoms with Crippen molar-refractivity contribution in [3.05, 3.63) is 0 Å². The van der Waals surface area contributed by atoms with Crippen LogP contribution in [0.1, 0.15) is 6.42 Å². The Bertz CT molecular complexity index is 254. The van der Waals surface area contributed by atoms with Gasteiger partial charge < -0.3 is 10.2 Å². The zero-order chi connectivity index (χ0) is 13.1. The Morgan fingerprint density at radius 1 is 0.800 bits per heavy atom. The van der Waals surface area contributed by atoms with Gasteiger partial charge in [-0.3, -0.25) is 9.11 Å². The third-order valence-corrected chi connectivity index (χ3v) is 0.316. The standard InChI is InChI=1S/C3H8O2.2CH4O3S/c4-2-1-3-5;2*1-5(2,3)4/h4-5H,1-3H2;2*1H3,(H,2,3,4). The molecule has 0 spiro atoms. The Hall–Kier alpha value is -0.260. The minimum absolute atomic E-state index is 0.0938. The van der Waals surface area contributed by atoms with Crippen LogP contribution in [0.5, 0.6) is 0 Å². The summed E-state index contributed by atoms with van der Waals surface area (Å²) in [7, 11) is -7.33. The molecule has 0 aromatic carbocycles. The Kier molecular flexibility index (Phi) is 13.8. The molecule has 96 valence electrons. The summed E-state index contributed by atoms with van der Waals surface area (Å²) in [6.45, 7) is 0.188. The molecule has 0 atom stereocenters. The largest absolute Gasteiger partial charge is 0.396 e. The maximum atomic E-state index is 9.19. The summed E-state index contributed by atoms with van der Waals surface area (Å²) in [5.74, 6) is 0. The van der Waals surface area contributed by atoms with E-state index >= 15 is 0 Å². The van der Waals surface area contributed by atoms with Crippen LogP contribution in [0, 0.1) is 0 Å². The lowest BCUT2D eigenvalue weighted by Crippen LogP contribution is -1.88. The van der Waals surface area contributed by atoms with Crippen molar-refractivity contribution in [2.45, 2.75) is 6.42 Å². The molecule has 0 rings (SSSR count). The van der Waals surface area contributed by atoms with Crippen molar-refractivity contribution in [2.24, 2.45) is 0 Å². The van der Waals surface area contributed by atoms with Crippen molar-refractivity contribution >= 4 is 20.2 Å². The Balaban J connectivity index is -0.000000144. The molecule has 0 saturated carbocycles. The molecular formula is C5H16O8S2. The number of aliphatic hydroxyl groups excluding tert-OH is 2. The van der Waals surface area contributed by atoms with E-state index in [0.29, 0.717) is 18.9 Å². The van der Waals surface area contributed by atoms with Gasteiger partial charge in [0.1, 0.15) is 0 Å². The van der Waals surface area contributed by atoms with Gasteiger partial charge in [0, 0.05) is 13.2 Å². The Morgan fingerprint density at radius 2 is 0.933 bits per heavy atom. The molecule has 0 aliphatic heterocycles. The van der Waals surface area contributed by atoms with Crippen molar-refractivity contribution in [3.8, 4) is 0 Å². The molecule has 0 aromatic rings. The third kappa shape index (κ3) is 625. The van der Waals surface area contributed by atoms with Crippen molar-refractivity contribution < 1.29 is 36.2 Å². The Morgan fingerprint density at radius 3 is 0.933 bits per heavy atom. The van der Waals surface area contributed by atoms with E-state index in [1.807, 2.05) is 0 Å². The highest BCUT2D eigenvalue weighted by molar-refractivity contribution is 7.85. The van der Waals surface area contributed by atoms with Crippen LogP contribution in [0.25, 0.3) is 0 Å². The van der Waals surface area contributed by atoms with Gasteiger partial charge in [-0.1, -0.05) is 0 Å². The van der Waals surface area contributed by atoms with E-state index in [1.54, 1.807) is 0 Å². The third-order valence-electron chi connectivity index (χ3n) is 0.316. The van der Waals surface area contributed by atoms with Crippen molar-refractivity contribution in [3.63, 3.8) is 0 Å². The molecule has 15 heavy (non-hydrogen) atoms. The molecule has 0 amide bonds. The van der Waals surface area contributed by atoms with E-state index in [0.717, 1.165) is 0 Å². The SMILES string of the molecule is CS(=O)(=O)O.CS(=O)(=O)O.OCCCO. The van der Waals surface area contributed by atoms with Crippen LogP contribution in [0.4, 0.5) is 0 Å². The highest BCUT2D eigenvalue weighted by Crippen LogP contribution is 1.65. The summed E-state index contributed by atoms with van der Waals surface area (Å²) in [6, 6.07) is 0. The lowest BCUT2D eigenvalue weighted by molar-refractivity contribution is 0.221. The summed E-state index contributed by atoms with van der Waals surface area (Å²) in [5.41, 5.74) is 0. The molecule has 8 nitrogen and oxygen atoms in total. The molecule has 0 bridgehead atoms. The second kappa shape index (κ2) is 10.3. The first-order valence-electron chi connectivity index (χ1n) is 3.48. The second-order valence-corrected chi connectivity index (χ2v) is 5.20. The normalized spacial score (nSPS) is 10.5. The molecule has 0 heterocycles. The van der Waals surface area contributed by atoms with Gasteiger partial charge in [0.05, 0.1) is 12.5 Å². The van der Waals surface area contributed by atoms with E-state index in [-0.39, 0.29) is 13.2 Å². The molecule has 0 unspecified atom stereocenters. The predicted molar refractivity (Wildman–Crippen MR) is 53.7 cm³/mol. The average molecular weight is 268 g/mol. The number of rotatable bonds is 2. The second-order valence-electron chi connectivity index (χ2n) is 2.27. The van der Waals surface area contributed by atoms with Crippen LogP contribution in [-0.4, -0.2) is 61.9 Å². The van der Waals surface area contributed by atoms with Crippen LogP contribution in [0.15, 0.2) is 0 Å². The summed E-state index contributed by atoms with van der Waals surface area (Å²) in [4.78, 5) is 0. The van der Waals surface area contributed by atoms with Gasteiger partial charge in [-0.15, -0.1) is 0 Å². The zero-order valence-corrected chi connectivity index (χ0v) is 9.99. The van der Waals surface area contributed by atoms with Crippen molar-refractivity contribution in [1.29, 1.82) is 0 Å². The van der Waals surface area contributed by atoms with Crippen molar-refractivity contribution in [1.82, 2.24) is 0 Å². The number of hydrogen-bond acceptors (Lipinski definition) is 6. The van der Waals surface area contributed by atoms with Crippen LogP contribution < -0.4 is 0 Å². The molecular weight excluding hydrogens is 252 g/mol. The van der Waals surface area contributed by atoms with E-state index in [2.05, 4.69) is 0 Å². The fourth-order valence-corrected chi connectivity index (χ4v) is 0.0707. The number of aliphatic hydroxyl groups is 2. The van der Waals surface area contributed by atoms with Crippen LogP contribution in [-0.2, 0) is 20.2 Å². The maximum Gasteiger partial charge on any atom is 0.261 e. The fourth-order valence-electron chi connectivity index (χ4n) is 0.0707. The highest BCUT2D eigenvalue weighted by Gasteiger charge is 1.82. The van der Waals surface area contributed by atoms with Gasteiger partial charge in [0.25, 0.3) is 20.2 Å². The minimum Gasteiger partial charge on any atom is -0.396 e. The first-order chi connectivity index (χ1) is 6.41. The first kappa shape index (κ1) is 20.2. The molecule has 0 radical (unpaired) electrons. The van der Waals surface area contributed by atoms with Crippen LogP contribution >= 0.6 is 0 Å². The molecule has 0 aromatic heterocycles. The van der Waals surface area contributed by atoms with E-state index in [1.165, 1.54) is 0 Å². The summed E-state index contributed by atoms with van der Waals surface area (Å²) in [6.07, 6.45) is 1.93. The minimum atomic E-state index is -3.67. The molecule has 4 N–H and O–H groups in total. The fraction of sp³-hybridized carbons (Fsp3) is 1.00. The molecule has 0 aliphatic carbocycles. The molecule has 0 aliphatic rings. The smallest absolute Gasteiger partial charge is 0.261 e. The molecule has 0 saturated heterocycles. The molecule has 10 heteroatoms. The van der Waals surface area contributed by atoms with Gasteiger partial charge in [-0.05, 0) is 6.42 Å². The maximum absolute atomic E-state index is 9.19. The van der Waals surface area contributed by atoms with Crippen molar-refractivity contribution in [2.75, 3.05) is 25.7 Å². The first-order valence-corrected chi connectivity index (χ1v) is 7.18. The average Bonchev–Trinajstić information content (AvgIpc) is 1.80. The van der Waals surface area contributed by atoms with Gasteiger partial charge in [-0.2, -0.15) is 16.8 Å². The highest BCUT2D eigenvalue weighted by atomic mass is 32.2. The number of hydrogen-bond donors (Lipinski definition) is 4. The zero-order valence-electron chi connectivity index (χ0n) is 8.36. The van der Waals surface area contributed by atoms with Crippen LogP contribution in [0.3, 0.4) is 0 Å². The lowest BCUT2D eigenvalue weighted by Gasteiger charge is -1.79. The quantitative estimate of drug-likeness (QED) is 0.436. The molecule has 0 fully saturated rings. The Labute approximate surface area is 89.1 Å². The van der Waals surface area contributed by atoms with Gasteiger partial charge >= 0.3 is 0 Å². The van der Waals surface area contributed by atoms with Gasteiger partial charge in [0.2, 0.25) is 0 Å². The predicted octanol–water partition coefficient (Wildman–Crippen LogP) is -1.63. The monoisotopic (exact) mass is 268 g/mol. The van der Waals surface area contributed by atoms with E-state index in [9.17, 15) is 16.8 Å². The van der Waals surface area contributed by atoms with Gasteiger partial charge in [-0.25, -0.2) is 0 Å². The summed E-state index contributed by atoms with van der Waals surface area (Å²) in [5, 5.41) is 15.8. The van der Waals surface area contributed by atoms with Gasteiger partial charge in [0.15, 0.2) is 0 Å². The topological polar surface area (TPSA) is 149 Å². The van der Waals surface area contributed by atoms with E-state index < -0.39 is 20.2 Å². The van der Waals surface area contributed by atoms with Crippen LogP contribution in [0.2, 0.25) is 0 Å². The lowest BCUT2D eigenvalue weighted by atomic mass is 10.5.